The summed E-state index contributed by atoms with van der Waals surface area (Å²) < 4.78 is 54.6. The largest absolute Gasteiger partial charge is 0.317 e. The molecule has 0 spiro atoms. The normalized spacial score (nSPS) is 10.4. The number of nitrogens with one attached hydrogen (secondary N) is 2. The van der Waals surface area contributed by atoms with Crippen LogP contribution in [0.15, 0.2) is 54.7 Å². The Morgan fingerprint density at radius 3 is 1.68 bits per heavy atom. The smallest absolute Gasteiger partial charge is 0.274 e. The molecule has 0 aliphatic carbocycles. The second-order valence-corrected chi connectivity index (χ2v) is 5.53. The number of hydrogen-bond donors (Lipinski definition) is 2. The van der Waals surface area contributed by atoms with Gasteiger partial charge in [-0.1, -0.05) is 12.1 Å². The van der Waals surface area contributed by atoms with Crippen molar-refractivity contribution in [2.45, 2.75) is 0 Å². The van der Waals surface area contributed by atoms with Crippen molar-refractivity contribution < 1.29 is 27.2 Å². The van der Waals surface area contributed by atoms with Gasteiger partial charge in [-0.2, -0.15) is 0 Å². The second kappa shape index (κ2) is 7.87. The molecule has 0 saturated carbocycles. The molecule has 28 heavy (non-hydrogen) atoms. The van der Waals surface area contributed by atoms with Gasteiger partial charge < -0.3 is 10.6 Å². The number of para-hydroxylation sites is 2. The highest BCUT2D eigenvalue weighted by Crippen LogP contribution is 2.20. The molecule has 2 N–H and O–H groups in total. The zero-order valence-electron chi connectivity index (χ0n) is 14.0. The van der Waals surface area contributed by atoms with Gasteiger partial charge in [0.2, 0.25) is 0 Å². The van der Waals surface area contributed by atoms with Crippen molar-refractivity contribution in [3.8, 4) is 0 Å². The summed E-state index contributed by atoms with van der Waals surface area (Å²) >= 11 is 0. The van der Waals surface area contributed by atoms with Crippen molar-refractivity contribution in [3.05, 3.63) is 89.3 Å². The number of benzene rings is 2. The summed E-state index contributed by atoms with van der Waals surface area (Å²) in [7, 11) is 0. The number of carbonyl (C=O) groups is 2. The van der Waals surface area contributed by atoms with Crippen LogP contribution in [0, 0.1) is 23.3 Å². The molecule has 0 atom stereocenters. The van der Waals surface area contributed by atoms with E-state index in [2.05, 4.69) is 10.3 Å². The molecule has 0 radical (unpaired) electrons. The second-order valence-electron chi connectivity index (χ2n) is 5.53. The molecule has 142 valence electrons. The van der Waals surface area contributed by atoms with Gasteiger partial charge in [0.05, 0.1) is 0 Å². The van der Waals surface area contributed by atoms with E-state index in [9.17, 15) is 27.2 Å². The maximum Gasteiger partial charge on any atom is 0.274 e. The van der Waals surface area contributed by atoms with Crippen molar-refractivity contribution >= 4 is 23.2 Å². The first-order valence-electron chi connectivity index (χ1n) is 7.83. The SMILES string of the molecule is O=C(Nc1c(F)cccc1F)c1ccnc(C(=O)Nc2c(F)cccc2F)c1. The van der Waals surface area contributed by atoms with Crippen molar-refractivity contribution in [3.63, 3.8) is 0 Å². The Kier molecular flexibility index (Phi) is 5.35. The van der Waals surface area contributed by atoms with Gasteiger partial charge in [0.15, 0.2) is 0 Å². The maximum absolute atomic E-state index is 13.6. The van der Waals surface area contributed by atoms with Crippen molar-refractivity contribution in [1.82, 2.24) is 4.98 Å². The summed E-state index contributed by atoms with van der Waals surface area (Å²) in [6, 6.07) is 8.33. The van der Waals surface area contributed by atoms with Crippen LogP contribution in [0.25, 0.3) is 0 Å². The molecule has 1 aromatic heterocycles. The average Bonchev–Trinajstić information content (AvgIpc) is 2.67. The van der Waals surface area contributed by atoms with Gasteiger partial charge in [0.25, 0.3) is 11.8 Å². The predicted octanol–water partition coefficient (Wildman–Crippen LogP) is 4.14. The van der Waals surface area contributed by atoms with Crippen LogP contribution >= 0.6 is 0 Å². The minimum absolute atomic E-state index is 0.142. The fourth-order valence-electron chi connectivity index (χ4n) is 2.29. The maximum atomic E-state index is 13.6. The Morgan fingerprint density at radius 2 is 1.18 bits per heavy atom. The number of halogens is 4. The number of nitrogens with zero attached hydrogens (tertiary/aromatic N) is 1. The summed E-state index contributed by atoms with van der Waals surface area (Å²) in [5.41, 5.74) is -1.79. The summed E-state index contributed by atoms with van der Waals surface area (Å²) in [5, 5.41) is 4.09. The van der Waals surface area contributed by atoms with E-state index in [1.807, 2.05) is 5.32 Å². The predicted molar refractivity (Wildman–Crippen MR) is 92.9 cm³/mol. The van der Waals surface area contributed by atoms with Crippen molar-refractivity contribution in [1.29, 1.82) is 0 Å². The molecule has 1 heterocycles. The Morgan fingerprint density at radius 1 is 0.714 bits per heavy atom. The van der Waals surface area contributed by atoms with E-state index in [4.69, 9.17) is 0 Å². The van der Waals surface area contributed by atoms with Crippen LogP contribution < -0.4 is 10.6 Å². The molecule has 0 aliphatic heterocycles. The number of rotatable bonds is 4. The first-order chi connectivity index (χ1) is 13.4. The van der Waals surface area contributed by atoms with Crippen LogP contribution in [-0.2, 0) is 0 Å². The van der Waals surface area contributed by atoms with E-state index in [-0.39, 0.29) is 11.3 Å². The third-order valence-corrected chi connectivity index (χ3v) is 3.66. The minimum atomic E-state index is -0.989. The van der Waals surface area contributed by atoms with Crippen LogP contribution in [0.2, 0.25) is 0 Å². The number of hydrogen-bond acceptors (Lipinski definition) is 3. The van der Waals surface area contributed by atoms with Crippen molar-refractivity contribution in [2.24, 2.45) is 0 Å². The minimum Gasteiger partial charge on any atom is -0.317 e. The number of amides is 2. The number of pyridine rings is 1. The molecule has 0 aliphatic rings. The third-order valence-electron chi connectivity index (χ3n) is 3.66. The molecule has 3 rings (SSSR count). The van der Waals surface area contributed by atoms with Gasteiger partial charge in [-0.05, 0) is 36.4 Å². The zero-order chi connectivity index (χ0) is 20.3. The highest BCUT2D eigenvalue weighted by Gasteiger charge is 2.18. The lowest BCUT2D eigenvalue weighted by Gasteiger charge is -2.09. The molecular weight excluding hydrogens is 378 g/mol. The van der Waals surface area contributed by atoms with E-state index in [1.54, 1.807) is 0 Å². The summed E-state index contributed by atoms with van der Waals surface area (Å²) in [6.07, 6.45) is 1.10. The first-order valence-corrected chi connectivity index (χ1v) is 7.83. The molecule has 0 saturated heterocycles. The molecule has 5 nitrogen and oxygen atoms in total. The average molecular weight is 389 g/mol. The van der Waals surface area contributed by atoms with Crippen LogP contribution in [-0.4, -0.2) is 16.8 Å². The lowest BCUT2D eigenvalue weighted by Crippen LogP contribution is -2.18. The van der Waals surface area contributed by atoms with Gasteiger partial charge in [-0.25, -0.2) is 17.6 Å². The molecular formula is C19H11F4N3O2. The Hall–Kier alpha value is -3.75. The van der Waals surface area contributed by atoms with E-state index >= 15 is 0 Å². The van der Waals surface area contributed by atoms with E-state index in [0.29, 0.717) is 0 Å². The van der Waals surface area contributed by atoms with E-state index in [1.165, 1.54) is 6.07 Å². The van der Waals surface area contributed by atoms with Gasteiger partial charge >= 0.3 is 0 Å². The molecule has 2 aromatic carbocycles. The van der Waals surface area contributed by atoms with Crippen LogP contribution in [0.3, 0.4) is 0 Å². The Labute approximate surface area is 156 Å². The summed E-state index contributed by atoms with van der Waals surface area (Å²) in [4.78, 5) is 28.2. The molecule has 0 bridgehead atoms. The fourth-order valence-corrected chi connectivity index (χ4v) is 2.29. The number of aromatic nitrogens is 1. The standard InChI is InChI=1S/C19H11F4N3O2/c20-11-3-1-4-12(21)16(11)25-18(27)10-7-8-24-15(9-10)19(28)26-17-13(22)5-2-6-14(17)23/h1-9H,(H,25,27)(H,26,28). The van der Waals surface area contributed by atoms with Crippen molar-refractivity contribution in [2.75, 3.05) is 10.6 Å². The van der Waals surface area contributed by atoms with Crippen LogP contribution in [0.1, 0.15) is 20.8 Å². The quantitative estimate of drug-likeness (QED) is 0.659. The number of carbonyl (C=O) groups excluding carboxylic acids is 2. The van der Waals surface area contributed by atoms with Gasteiger partial charge in [-0.3, -0.25) is 14.6 Å². The molecule has 0 fully saturated rings. The van der Waals surface area contributed by atoms with Gasteiger partial charge in [0, 0.05) is 11.8 Å². The Balaban J connectivity index is 1.82. The monoisotopic (exact) mass is 389 g/mol. The van der Waals surface area contributed by atoms with E-state index < -0.39 is 46.5 Å². The van der Waals surface area contributed by atoms with Gasteiger partial charge in [0.1, 0.15) is 40.3 Å². The zero-order valence-corrected chi connectivity index (χ0v) is 14.0. The molecule has 2 amide bonds. The lowest BCUT2D eigenvalue weighted by molar-refractivity contribution is 0.102. The third kappa shape index (κ3) is 3.98. The number of anilines is 2. The summed E-state index contributed by atoms with van der Waals surface area (Å²) in [5.74, 6) is -5.81. The van der Waals surface area contributed by atoms with Gasteiger partial charge in [-0.15, -0.1) is 0 Å². The van der Waals surface area contributed by atoms with Crippen LogP contribution in [0.5, 0.6) is 0 Å². The highest BCUT2D eigenvalue weighted by atomic mass is 19.1. The first kappa shape index (κ1) is 19.0. The topological polar surface area (TPSA) is 71.1 Å². The van der Waals surface area contributed by atoms with E-state index in [0.717, 1.165) is 48.7 Å². The fraction of sp³-hybridized carbons (Fsp3) is 0. The molecule has 0 unspecified atom stereocenters. The lowest BCUT2D eigenvalue weighted by atomic mass is 10.2. The summed E-state index contributed by atoms with van der Waals surface area (Å²) in [6.45, 7) is 0. The molecule has 3 aromatic rings. The van der Waals surface area contributed by atoms with Crippen LogP contribution in [0.4, 0.5) is 28.9 Å². The Bertz CT molecular complexity index is 952. The highest BCUT2D eigenvalue weighted by molar-refractivity contribution is 6.08. The molecule has 9 heteroatoms.